The van der Waals surface area contributed by atoms with Gasteiger partial charge in [0.1, 0.15) is 5.75 Å². The zero-order valence-corrected chi connectivity index (χ0v) is 15.8. The van der Waals surface area contributed by atoms with Crippen molar-refractivity contribution in [2.24, 2.45) is 0 Å². The maximum atomic E-state index is 12.9. The zero-order valence-electron chi connectivity index (χ0n) is 15.8. The number of nitrogens with one attached hydrogen (secondary N) is 1. The molecule has 0 spiro atoms. The van der Waals surface area contributed by atoms with Crippen LogP contribution in [0.1, 0.15) is 11.1 Å². The third-order valence-electron chi connectivity index (χ3n) is 4.07. The SMILES string of the molecule is O=C(Nc1ccc(OC(F)(F)F)cc1)/C(=C/c1cccc([N+](=O)[O-])c1)c1ccccc1. The number of alkyl halides is 3. The van der Waals surface area contributed by atoms with E-state index in [4.69, 9.17) is 0 Å². The Balaban J connectivity index is 1.89. The smallest absolute Gasteiger partial charge is 0.406 e. The maximum absolute atomic E-state index is 12.9. The zero-order chi connectivity index (χ0) is 22.4. The second-order valence-corrected chi connectivity index (χ2v) is 6.30. The molecule has 0 aliphatic heterocycles. The van der Waals surface area contributed by atoms with Gasteiger partial charge in [0.15, 0.2) is 0 Å². The van der Waals surface area contributed by atoms with Crippen LogP contribution in [0, 0.1) is 10.1 Å². The Labute approximate surface area is 174 Å². The fourth-order valence-corrected chi connectivity index (χ4v) is 2.73. The van der Waals surface area contributed by atoms with Gasteiger partial charge in [0.05, 0.1) is 4.92 Å². The molecule has 0 fully saturated rings. The first kappa shape index (κ1) is 21.6. The summed E-state index contributed by atoms with van der Waals surface area (Å²) in [7, 11) is 0. The molecule has 0 aliphatic carbocycles. The number of carbonyl (C=O) groups is 1. The Morgan fingerprint density at radius 1 is 0.968 bits per heavy atom. The van der Waals surface area contributed by atoms with Crippen molar-refractivity contribution < 1.29 is 27.6 Å². The molecule has 0 atom stereocenters. The molecule has 3 aromatic rings. The van der Waals surface area contributed by atoms with Crippen molar-refractivity contribution in [3.63, 3.8) is 0 Å². The number of anilines is 1. The third kappa shape index (κ3) is 6.17. The summed E-state index contributed by atoms with van der Waals surface area (Å²) in [5, 5.41) is 13.6. The first-order chi connectivity index (χ1) is 14.7. The Bertz CT molecular complexity index is 1110. The minimum atomic E-state index is -4.81. The number of ether oxygens (including phenoxy) is 1. The Kier molecular flexibility index (Phi) is 6.35. The van der Waals surface area contributed by atoms with Gasteiger partial charge in [-0.3, -0.25) is 14.9 Å². The monoisotopic (exact) mass is 428 g/mol. The van der Waals surface area contributed by atoms with Crippen LogP contribution in [0.25, 0.3) is 11.6 Å². The van der Waals surface area contributed by atoms with Crippen LogP contribution in [0.15, 0.2) is 78.9 Å². The van der Waals surface area contributed by atoms with Crippen LogP contribution in [-0.4, -0.2) is 17.2 Å². The van der Waals surface area contributed by atoms with Gasteiger partial charge >= 0.3 is 6.36 Å². The molecule has 0 bridgehead atoms. The minimum absolute atomic E-state index is 0.123. The van der Waals surface area contributed by atoms with Crippen molar-refractivity contribution in [2.75, 3.05) is 5.32 Å². The summed E-state index contributed by atoms with van der Waals surface area (Å²) in [4.78, 5) is 23.4. The van der Waals surface area contributed by atoms with Crippen molar-refractivity contribution in [3.8, 4) is 5.75 Å². The van der Waals surface area contributed by atoms with E-state index in [2.05, 4.69) is 10.1 Å². The van der Waals surface area contributed by atoms with Crippen LogP contribution < -0.4 is 10.1 Å². The number of benzene rings is 3. The van der Waals surface area contributed by atoms with E-state index in [-0.39, 0.29) is 16.9 Å². The molecule has 0 aromatic heterocycles. The average molecular weight is 428 g/mol. The lowest BCUT2D eigenvalue weighted by molar-refractivity contribution is -0.384. The highest BCUT2D eigenvalue weighted by atomic mass is 19.4. The van der Waals surface area contributed by atoms with E-state index in [1.54, 1.807) is 36.4 Å². The van der Waals surface area contributed by atoms with Gasteiger partial charge in [-0.15, -0.1) is 13.2 Å². The van der Waals surface area contributed by atoms with Gasteiger partial charge in [0.25, 0.3) is 11.6 Å². The highest BCUT2D eigenvalue weighted by Gasteiger charge is 2.31. The van der Waals surface area contributed by atoms with Gasteiger partial charge in [-0.1, -0.05) is 42.5 Å². The van der Waals surface area contributed by atoms with E-state index < -0.39 is 22.9 Å². The lowest BCUT2D eigenvalue weighted by Crippen LogP contribution is -2.17. The van der Waals surface area contributed by atoms with Crippen LogP contribution in [0.3, 0.4) is 0 Å². The number of amides is 1. The molecule has 9 heteroatoms. The molecule has 0 heterocycles. The average Bonchev–Trinajstić information content (AvgIpc) is 2.73. The van der Waals surface area contributed by atoms with E-state index in [0.717, 1.165) is 12.1 Å². The number of carbonyl (C=O) groups excluding carboxylic acids is 1. The number of hydrogen-bond acceptors (Lipinski definition) is 4. The van der Waals surface area contributed by atoms with Crippen LogP contribution >= 0.6 is 0 Å². The standard InChI is InChI=1S/C22H15F3N2O4/c23-22(24,25)31-19-11-9-17(10-12-19)26-21(28)20(16-6-2-1-3-7-16)14-15-5-4-8-18(13-15)27(29)30/h1-14H,(H,26,28)/b20-14+. The molecule has 0 radical (unpaired) electrons. The lowest BCUT2D eigenvalue weighted by Gasteiger charge is -2.12. The molecule has 0 saturated heterocycles. The van der Waals surface area contributed by atoms with Crippen LogP contribution in [-0.2, 0) is 4.79 Å². The Morgan fingerprint density at radius 2 is 1.65 bits per heavy atom. The molecular weight excluding hydrogens is 413 g/mol. The minimum Gasteiger partial charge on any atom is -0.406 e. The van der Waals surface area contributed by atoms with Gasteiger partial charge in [0.2, 0.25) is 0 Å². The highest BCUT2D eigenvalue weighted by molar-refractivity contribution is 6.29. The highest BCUT2D eigenvalue weighted by Crippen LogP contribution is 2.26. The number of nitro groups is 1. The summed E-state index contributed by atoms with van der Waals surface area (Å²) < 4.78 is 40.7. The van der Waals surface area contributed by atoms with Crippen LogP contribution in [0.2, 0.25) is 0 Å². The van der Waals surface area contributed by atoms with E-state index in [1.807, 2.05) is 0 Å². The van der Waals surface area contributed by atoms with Gasteiger partial charge in [-0.2, -0.15) is 0 Å². The predicted octanol–water partition coefficient (Wildman–Crippen LogP) is 5.67. The number of halogens is 3. The quantitative estimate of drug-likeness (QED) is 0.237. The maximum Gasteiger partial charge on any atom is 0.573 e. The largest absolute Gasteiger partial charge is 0.573 e. The van der Waals surface area contributed by atoms with Crippen molar-refractivity contribution in [1.29, 1.82) is 0 Å². The van der Waals surface area contributed by atoms with E-state index in [0.29, 0.717) is 11.1 Å². The summed E-state index contributed by atoms with van der Waals surface area (Å²) in [6.45, 7) is 0. The number of nitro benzene ring substituents is 1. The van der Waals surface area contributed by atoms with Crippen molar-refractivity contribution >= 4 is 28.9 Å². The number of non-ortho nitro benzene ring substituents is 1. The van der Waals surface area contributed by atoms with E-state index >= 15 is 0 Å². The lowest BCUT2D eigenvalue weighted by atomic mass is 10.0. The van der Waals surface area contributed by atoms with Crippen LogP contribution in [0.4, 0.5) is 24.5 Å². The van der Waals surface area contributed by atoms with Crippen molar-refractivity contribution in [2.45, 2.75) is 6.36 Å². The summed E-state index contributed by atoms with van der Waals surface area (Å²) in [5.74, 6) is -0.955. The summed E-state index contributed by atoms with van der Waals surface area (Å²) >= 11 is 0. The summed E-state index contributed by atoms with van der Waals surface area (Å²) in [5.41, 5.74) is 1.35. The normalized spacial score (nSPS) is 11.6. The molecule has 0 aliphatic rings. The summed E-state index contributed by atoms with van der Waals surface area (Å²) in [6.07, 6.45) is -3.31. The number of rotatable bonds is 6. The number of nitrogens with zero attached hydrogens (tertiary/aromatic N) is 1. The molecule has 1 amide bonds. The van der Waals surface area contributed by atoms with Crippen molar-refractivity contribution in [1.82, 2.24) is 0 Å². The second-order valence-electron chi connectivity index (χ2n) is 6.30. The van der Waals surface area contributed by atoms with E-state index in [9.17, 15) is 28.1 Å². The molecule has 6 nitrogen and oxygen atoms in total. The van der Waals surface area contributed by atoms with Crippen molar-refractivity contribution in [3.05, 3.63) is 100 Å². The number of hydrogen-bond donors (Lipinski definition) is 1. The summed E-state index contributed by atoms with van der Waals surface area (Å²) in [6, 6.07) is 19.1. The third-order valence-corrected chi connectivity index (χ3v) is 4.07. The molecule has 0 unspecified atom stereocenters. The molecular formula is C22H15F3N2O4. The molecule has 1 N–H and O–H groups in total. The van der Waals surface area contributed by atoms with Gasteiger partial charge < -0.3 is 10.1 Å². The first-order valence-corrected chi connectivity index (χ1v) is 8.90. The van der Waals surface area contributed by atoms with Gasteiger partial charge in [0, 0.05) is 23.4 Å². The molecule has 3 aromatic carbocycles. The molecule has 31 heavy (non-hydrogen) atoms. The fourth-order valence-electron chi connectivity index (χ4n) is 2.73. The van der Waals surface area contributed by atoms with Gasteiger partial charge in [-0.25, -0.2) is 0 Å². The van der Waals surface area contributed by atoms with Crippen LogP contribution in [0.5, 0.6) is 5.75 Å². The molecule has 0 saturated carbocycles. The Hall–Kier alpha value is -4.14. The first-order valence-electron chi connectivity index (χ1n) is 8.90. The second kappa shape index (κ2) is 9.12. The van der Waals surface area contributed by atoms with E-state index in [1.165, 1.54) is 36.4 Å². The molecule has 3 rings (SSSR count). The Morgan fingerprint density at radius 3 is 2.26 bits per heavy atom. The molecule has 158 valence electrons. The fraction of sp³-hybridized carbons (Fsp3) is 0.0455. The van der Waals surface area contributed by atoms with Gasteiger partial charge in [-0.05, 0) is 41.5 Å². The topological polar surface area (TPSA) is 81.5 Å². The predicted molar refractivity (Wildman–Crippen MR) is 109 cm³/mol.